The highest BCUT2D eigenvalue weighted by atomic mass is 16.1. The van der Waals surface area contributed by atoms with E-state index in [1.165, 1.54) is 0 Å². The van der Waals surface area contributed by atoms with Crippen LogP contribution in [-0.4, -0.2) is 9.55 Å². The normalized spacial score (nSPS) is 10.6. The van der Waals surface area contributed by atoms with Crippen molar-refractivity contribution in [2.24, 2.45) is 0 Å². The summed E-state index contributed by atoms with van der Waals surface area (Å²) >= 11 is 0. The topological polar surface area (TPSA) is 34.9 Å². The van der Waals surface area contributed by atoms with Crippen molar-refractivity contribution < 1.29 is 0 Å². The molecule has 0 saturated carbocycles. The van der Waals surface area contributed by atoms with Gasteiger partial charge in [0.15, 0.2) is 0 Å². The van der Waals surface area contributed by atoms with Gasteiger partial charge in [0.25, 0.3) is 5.56 Å². The lowest BCUT2D eigenvalue weighted by Crippen LogP contribution is -2.24. The highest BCUT2D eigenvalue weighted by Crippen LogP contribution is 2.10. The van der Waals surface area contributed by atoms with Gasteiger partial charge in [-0.2, -0.15) is 0 Å². The van der Waals surface area contributed by atoms with Gasteiger partial charge in [0, 0.05) is 6.54 Å². The molecule has 0 fully saturated rings. The van der Waals surface area contributed by atoms with E-state index in [-0.39, 0.29) is 5.56 Å². The Balaban J connectivity index is 2.53. The number of fused-ring (bicyclic) bond motifs is 1. The maximum Gasteiger partial charge on any atom is 0.272 e. The molecule has 0 bridgehead atoms. The van der Waals surface area contributed by atoms with Crippen LogP contribution in [0.2, 0.25) is 0 Å². The maximum atomic E-state index is 12.1. The summed E-state index contributed by atoms with van der Waals surface area (Å²) in [6.07, 6.45) is 3.72. The molecule has 0 aliphatic rings. The predicted molar refractivity (Wildman–Crippen MR) is 70.2 cm³/mol. The minimum absolute atomic E-state index is 0.00719. The third kappa shape index (κ3) is 2.28. The minimum Gasteiger partial charge on any atom is -0.305 e. The standard InChI is InChI=1S/C14H16N2O/c1-3-4-7-10-16-13-9-6-5-8-12(13)15-11(2)14(16)17/h3,5-6,8-9H,1,4,7,10H2,2H3. The molecular weight excluding hydrogens is 212 g/mol. The lowest BCUT2D eigenvalue weighted by molar-refractivity contribution is 0.643. The van der Waals surface area contributed by atoms with Gasteiger partial charge >= 0.3 is 0 Å². The first-order valence-electron chi connectivity index (χ1n) is 5.81. The number of nitrogens with zero attached hydrogens (tertiary/aromatic N) is 2. The van der Waals surface area contributed by atoms with Gasteiger partial charge in [-0.15, -0.1) is 6.58 Å². The average molecular weight is 228 g/mol. The number of benzene rings is 1. The lowest BCUT2D eigenvalue weighted by atomic mass is 10.2. The molecule has 3 heteroatoms. The van der Waals surface area contributed by atoms with Crippen LogP contribution in [0, 0.1) is 6.92 Å². The molecule has 2 aromatic rings. The van der Waals surface area contributed by atoms with Crippen LogP contribution in [0.4, 0.5) is 0 Å². The van der Waals surface area contributed by atoms with E-state index in [1.54, 1.807) is 11.5 Å². The molecule has 1 aromatic heterocycles. The molecule has 0 aliphatic heterocycles. The van der Waals surface area contributed by atoms with Crippen LogP contribution in [0.25, 0.3) is 11.0 Å². The molecule has 0 radical (unpaired) electrons. The Morgan fingerprint density at radius 1 is 1.41 bits per heavy atom. The second kappa shape index (κ2) is 4.95. The first kappa shape index (κ1) is 11.6. The molecule has 88 valence electrons. The molecule has 0 N–H and O–H groups in total. The van der Waals surface area contributed by atoms with Crippen LogP contribution in [-0.2, 0) is 6.54 Å². The Morgan fingerprint density at radius 2 is 2.18 bits per heavy atom. The summed E-state index contributed by atoms with van der Waals surface area (Å²) < 4.78 is 1.81. The number of allylic oxidation sites excluding steroid dienone is 1. The quantitative estimate of drug-likeness (QED) is 0.595. The fourth-order valence-electron chi connectivity index (χ4n) is 1.94. The first-order valence-corrected chi connectivity index (χ1v) is 5.81. The van der Waals surface area contributed by atoms with Crippen molar-refractivity contribution in [1.29, 1.82) is 0 Å². The van der Waals surface area contributed by atoms with Crippen molar-refractivity contribution in [3.8, 4) is 0 Å². The monoisotopic (exact) mass is 228 g/mol. The molecule has 0 aliphatic carbocycles. The van der Waals surface area contributed by atoms with E-state index in [0.717, 1.165) is 23.9 Å². The van der Waals surface area contributed by atoms with E-state index < -0.39 is 0 Å². The lowest BCUT2D eigenvalue weighted by Gasteiger charge is -2.10. The molecule has 0 atom stereocenters. The van der Waals surface area contributed by atoms with Crippen molar-refractivity contribution in [3.63, 3.8) is 0 Å². The predicted octanol–water partition coefficient (Wildman–Crippen LogP) is 2.67. The van der Waals surface area contributed by atoms with Gasteiger partial charge in [-0.25, -0.2) is 4.98 Å². The van der Waals surface area contributed by atoms with Gasteiger partial charge in [-0.05, 0) is 31.9 Å². The van der Waals surface area contributed by atoms with Crippen LogP contribution in [0.15, 0.2) is 41.7 Å². The van der Waals surface area contributed by atoms with Gasteiger partial charge in [0.1, 0.15) is 5.69 Å². The summed E-state index contributed by atoms with van der Waals surface area (Å²) in [7, 11) is 0. The summed E-state index contributed by atoms with van der Waals surface area (Å²) in [6.45, 7) is 6.17. The van der Waals surface area contributed by atoms with Gasteiger partial charge in [0.05, 0.1) is 11.0 Å². The second-order valence-electron chi connectivity index (χ2n) is 4.07. The molecule has 1 heterocycles. The van der Waals surface area contributed by atoms with Crippen LogP contribution >= 0.6 is 0 Å². The highest BCUT2D eigenvalue weighted by Gasteiger charge is 2.06. The minimum atomic E-state index is 0.00719. The number of hydrogen-bond donors (Lipinski definition) is 0. The number of unbranched alkanes of at least 4 members (excludes halogenated alkanes) is 1. The Hall–Kier alpha value is -1.90. The Bertz CT molecular complexity index is 599. The smallest absolute Gasteiger partial charge is 0.272 e. The van der Waals surface area contributed by atoms with E-state index in [0.29, 0.717) is 12.2 Å². The zero-order chi connectivity index (χ0) is 12.3. The van der Waals surface area contributed by atoms with E-state index in [1.807, 2.05) is 30.3 Å². The summed E-state index contributed by atoms with van der Waals surface area (Å²) in [4.78, 5) is 16.4. The SMILES string of the molecule is C=CCCCn1c(=O)c(C)nc2ccccc21. The van der Waals surface area contributed by atoms with E-state index in [2.05, 4.69) is 11.6 Å². The van der Waals surface area contributed by atoms with Gasteiger partial charge in [-0.1, -0.05) is 18.2 Å². The zero-order valence-electron chi connectivity index (χ0n) is 10.0. The van der Waals surface area contributed by atoms with Crippen molar-refractivity contribution in [2.45, 2.75) is 26.3 Å². The fraction of sp³-hybridized carbons (Fsp3) is 0.286. The molecule has 0 unspecified atom stereocenters. The molecular formula is C14H16N2O. The summed E-state index contributed by atoms with van der Waals surface area (Å²) in [5, 5.41) is 0. The van der Waals surface area contributed by atoms with E-state index >= 15 is 0 Å². The molecule has 0 saturated heterocycles. The third-order valence-corrected chi connectivity index (χ3v) is 2.81. The van der Waals surface area contributed by atoms with Crippen LogP contribution in [0.3, 0.4) is 0 Å². The third-order valence-electron chi connectivity index (χ3n) is 2.81. The van der Waals surface area contributed by atoms with Crippen LogP contribution in [0.1, 0.15) is 18.5 Å². The maximum absolute atomic E-state index is 12.1. The number of hydrogen-bond acceptors (Lipinski definition) is 2. The van der Waals surface area contributed by atoms with E-state index in [4.69, 9.17) is 0 Å². The second-order valence-corrected chi connectivity index (χ2v) is 4.07. The molecule has 0 amide bonds. The Labute approximate surface area is 100 Å². The van der Waals surface area contributed by atoms with Crippen molar-refractivity contribution in [2.75, 3.05) is 0 Å². The average Bonchev–Trinajstić information content (AvgIpc) is 2.34. The highest BCUT2D eigenvalue weighted by molar-refractivity contribution is 5.74. The zero-order valence-corrected chi connectivity index (χ0v) is 10.0. The number of para-hydroxylation sites is 2. The summed E-state index contributed by atoms with van der Waals surface area (Å²) in [5.74, 6) is 0. The fourth-order valence-corrected chi connectivity index (χ4v) is 1.94. The summed E-state index contributed by atoms with van der Waals surface area (Å²) in [5.41, 5.74) is 2.35. The molecule has 2 rings (SSSR count). The van der Waals surface area contributed by atoms with E-state index in [9.17, 15) is 4.79 Å². The largest absolute Gasteiger partial charge is 0.305 e. The van der Waals surface area contributed by atoms with Crippen LogP contribution < -0.4 is 5.56 Å². The van der Waals surface area contributed by atoms with Gasteiger partial charge in [0.2, 0.25) is 0 Å². The summed E-state index contributed by atoms with van der Waals surface area (Å²) in [6, 6.07) is 7.75. The molecule has 17 heavy (non-hydrogen) atoms. The van der Waals surface area contributed by atoms with Crippen LogP contribution in [0.5, 0.6) is 0 Å². The Morgan fingerprint density at radius 3 is 2.94 bits per heavy atom. The number of aromatic nitrogens is 2. The van der Waals surface area contributed by atoms with Crippen molar-refractivity contribution in [1.82, 2.24) is 9.55 Å². The van der Waals surface area contributed by atoms with Gasteiger partial charge in [-0.3, -0.25) is 4.79 Å². The molecule has 1 aromatic carbocycles. The number of rotatable bonds is 4. The van der Waals surface area contributed by atoms with Crippen molar-refractivity contribution >= 4 is 11.0 Å². The van der Waals surface area contributed by atoms with Crippen molar-refractivity contribution in [3.05, 3.63) is 53.0 Å². The molecule has 3 nitrogen and oxygen atoms in total. The molecule has 0 spiro atoms. The number of aryl methyl sites for hydroxylation is 2. The van der Waals surface area contributed by atoms with Gasteiger partial charge < -0.3 is 4.57 Å². The first-order chi connectivity index (χ1) is 8.24. The Kier molecular flexibility index (Phi) is 3.38.